The molecule has 2 aromatic carbocycles. The van der Waals surface area contributed by atoms with Gasteiger partial charge in [-0.15, -0.1) is 0 Å². The highest BCUT2D eigenvalue weighted by Gasteiger charge is 2.21. The van der Waals surface area contributed by atoms with Crippen LogP contribution in [0.3, 0.4) is 0 Å². The number of carbonyl (C=O) groups excluding carboxylic acids is 1. The second-order valence-electron chi connectivity index (χ2n) is 8.90. The van der Waals surface area contributed by atoms with Crippen LogP contribution in [0.25, 0.3) is 11.1 Å². The van der Waals surface area contributed by atoms with Crippen molar-refractivity contribution in [2.75, 3.05) is 7.11 Å². The van der Waals surface area contributed by atoms with Gasteiger partial charge in [0.25, 0.3) is 6.02 Å². The van der Waals surface area contributed by atoms with E-state index in [4.69, 9.17) is 14.5 Å². The number of benzene rings is 2. The van der Waals surface area contributed by atoms with Crippen LogP contribution in [-0.2, 0) is 4.74 Å². The molecular formula is C27H34N2O3. The van der Waals surface area contributed by atoms with E-state index < -0.39 is 0 Å². The third-order valence-corrected chi connectivity index (χ3v) is 6.52. The third kappa shape index (κ3) is 6.12. The van der Waals surface area contributed by atoms with E-state index in [1.54, 1.807) is 13.2 Å². The van der Waals surface area contributed by atoms with Crippen molar-refractivity contribution in [3.8, 4) is 16.9 Å². The molecule has 5 nitrogen and oxygen atoms in total. The van der Waals surface area contributed by atoms with Gasteiger partial charge in [-0.2, -0.15) is 0 Å². The molecular weight excluding hydrogens is 400 g/mol. The molecule has 2 aliphatic rings. The van der Waals surface area contributed by atoms with E-state index in [1.165, 1.54) is 38.5 Å². The molecule has 1 N–H and O–H groups in total. The van der Waals surface area contributed by atoms with Crippen LogP contribution >= 0.6 is 0 Å². The van der Waals surface area contributed by atoms with Gasteiger partial charge in [-0.3, -0.25) is 0 Å². The lowest BCUT2D eigenvalue weighted by Gasteiger charge is -2.25. The van der Waals surface area contributed by atoms with E-state index >= 15 is 0 Å². The van der Waals surface area contributed by atoms with Crippen LogP contribution in [0.2, 0.25) is 0 Å². The van der Waals surface area contributed by atoms with Crippen LogP contribution < -0.4 is 10.1 Å². The Labute approximate surface area is 191 Å². The Morgan fingerprint density at radius 1 is 0.875 bits per heavy atom. The van der Waals surface area contributed by atoms with Crippen molar-refractivity contribution >= 4 is 12.0 Å². The Morgan fingerprint density at radius 3 is 2.25 bits per heavy atom. The van der Waals surface area contributed by atoms with E-state index in [2.05, 4.69) is 5.32 Å². The molecule has 0 amide bonds. The van der Waals surface area contributed by atoms with Gasteiger partial charge in [0.1, 0.15) is 5.75 Å². The lowest BCUT2D eigenvalue weighted by atomic mass is 9.95. The first kappa shape index (κ1) is 22.4. The Balaban J connectivity index is 1.49. The zero-order valence-electron chi connectivity index (χ0n) is 19.0. The molecule has 0 saturated heterocycles. The van der Waals surface area contributed by atoms with E-state index in [0.29, 0.717) is 17.6 Å². The second-order valence-corrected chi connectivity index (χ2v) is 8.90. The number of hydrogen-bond acceptors (Lipinski definition) is 4. The number of nitrogens with zero attached hydrogens (tertiary/aromatic N) is 1. The van der Waals surface area contributed by atoms with Crippen molar-refractivity contribution in [1.82, 2.24) is 5.32 Å². The molecule has 170 valence electrons. The normalized spacial score (nSPS) is 18.2. The van der Waals surface area contributed by atoms with Gasteiger partial charge in [-0.1, -0.05) is 62.8 Å². The summed E-state index contributed by atoms with van der Waals surface area (Å²) in [6, 6.07) is 16.4. The molecule has 4 rings (SSSR count). The molecule has 2 saturated carbocycles. The van der Waals surface area contributed by atoms with Gasteiger partial charge < -0.3 is 14.8 Å². The Morgan fingerprint density at radius 2 is 1.56 bits per heavy atom. The predicted molar refractivity (Wildman–Crippen MR) is 128 cm³/mol. The maximum atomic E-state index is 13.1. The minimum atomic E-state index is -0.363. The molecule has 2 aromatic rings. The molecule has 0 unspecified atom stereocenters. The molecule has 0 bridgehead atoms. The maximum Gasteiger partial charge on any atom is 0.345 e. The van der Waals surface area contributed by atoms with Gasteiger partial charge in [0.2, 0.25) is 0 Å². The van der Waals surface area contributed by atoms with E-state index in [1.807, 2.05) is 42.5 Å². The standard InChI is InChI=1S/C27H34N2O3/c1-31-25-17-15-20(16-18-25)21-9-8-10-22(19-21)26(30)32-27(28-23-11-4-2-5-12-23)29-24-13-6-3-7-14-24/h8-10,15-19,23-24H,2-7,11-14H2,1H3,(H,28,29). The largest absolute Gasteiger partial charge is 0.497 e. The number of esters is 1. The lowest BCUT2D eigenvalue weighted by Crippen LogP contribution is -2.39. The summed E-state index contributed by atoms with van der Waals surface area (Å²) < 4.78 is 11.1. The molecule has 0 heterocycles. The van der Waals surface area contributed by atoms with Gasteiger partial charge in [-0.05, 0) is 61.1 Å². The third-order valence-electron chi connectivity index (χ3n) is 6.52. The van der Waals surface area contributed by atoms with Crippen LogP contribution in [0.15, 0.2) is 53.5 Å². The predicted octanol–water partition coefficient (Wildman–Crippen LogP) is 6.13. The second kappa shape index (κ2) is 11.2. The SMILES string of the molecule is COc1ccc(-c2cccc(C(=O)OC(=NC3CCCCC3)NC3CCCCC3)c2)cc1. The Kier molecular flexibility index (Phi) is 7.81. The maximum absolute atomic E-state index is 13.1. The number of aliphatic imine (C=N–C) groups is 1. The highest BCUT2D eigenvalue weighted by Crippen LogP contribution is 2.24. The monoisotopic (exact) mass is 434 g/mol. The molecule has 32 heavy (non-hydrogen) atoms. The molecule has 0 spiro atoms. The van der Waals surface area contributed by atoms with Crippen molar-refractivity contribution in [2.24, 2.45) is 4.99 Å². The fraction of sp³-hybridized carbons (Fsp3) is 0.481. The number of nitrogens with one attached hydrogen (secondary N) is 1. The number of methoxy groups -OCH3 is 1. The van der Waals surface area contributed by atoms with Crippen LogP contribution in [0.1, 0.15) is 74.6 Å². The minimum Gasteiger partial charge on any atom is -0.497 e. The smallest absolute Gasteiger partial charge is 0.345 e. The van der Waals surface area contributed by atoms with Gasteiger partial charge >= 0.3 is 5.97 Å². The molecule has 2 aliphatic carbocycles. The van der Waals surface area contributed by atoms with Crippen LogP contribution in [0.4, 0.5) is 0 Å². The van der Waals surface area contributed by atoms with Crippen molar-refractivity contribution in [1.29, 1.82) is 0 Å². The minimum absolute atomic E-state index is 0.244. The summed E-state index contributed by atoms with van der Waals surface area (Å²) in [6.07, 6.45) is 11.7. The summed E-state index contributed by atoms with van der Waals surface area (Å²) in [5.41, 5.74) is 2.52. The fourth-order valence-corrected chi connectivity index (χ4v) is 4.65. The quantitative estimate of drug-likeness (QED) is 0.349. The van der Waals surface area contributed by atoms with Crippen LogP contribution in [-0.4, -0.2) is 31.2 Å². The van der Waals surface area contributed by atoms with Crippen LogP contribution in [0.5, 0.6) is 5.75 Å². The lowest BCUT2D eigenvalue weighted by molar-refractivity contribution is 0.0703. The number of rotatable bonds is 5. The van der Waals surface area contributed by atoms with E-state index in [-0.39, 0.29) is 12.0 Å². The zero-order chi connectivity index (χ0) is 22.2. The van der Waals surface area contributed by atoms with Crippen molar-refractivity contribution in [3.63, 3.8) is 0 Å². The Hall–Kier alpha value is -2.82. The number of amidine groups is 1. The fourth-order valence-electron chi connectivity index (χ4n) is 4.65. The first-order chi connectivity index (χ1) is 15.7. The molecule has 0 aliphatic heterocycles. The van der Waals surface area contributed by atoms with Gasteiger partial charge in [0.15, 0.2) is 0 Å². The van der Waals surface area contributed by atoms with Crippen molar-refractivity contribution in [2.45, 2.75) is 76.3 Å². The summed E-state index contributed by atoms with van der Waals surface area (Å²) in [7, 11) is 1.65. The zero-order valence-corrected chi connectivity index (χ0v) is 19.0. The van der Waals surface area contributed by atoms with Crippen molar-refractivity contribution < 1.29 is 14.3 Å². The summed E-state index contributed by atoms with van der Waals surface area (Å²) in [6.45, 7) is 0. The van der Waals surface area contributed by atoms with Crippen LogP contribution in [0, 0.1) is 0 Å². The van der Waals surface area contributed by atoms with E-state index in [9.17, 15) is 4.79 Å². The summed E-state index contributed by atoms with van der Waals surface area (Å²) in [4.78, 5) is 17.9. The number of ether oxygens (including phenoxy) is 2. The first-order valence-electron chi connectivity index (χ1n) is 12.0. The van der Waals surface area contributed by atoms with Gasteiger partial charge in [0.05, 0.1) is 18.7 Å². The van der Waals surface area contributed by atoms with Gasteiger partial charge in [0, 0.05) is 6.04 Å². The topological polar surface area (TPSA) is 59.9 Å². The summed E-state index contributed by atoms with van der Waals surface area (Å²) in [5.74, 6) is 0.444. The van der Waals surface area contributed by atoms with E-state index in [0.717, 1.165) is 42.6 Å². The number of carbonyl (C=O) groups is 1. The molecule has 0 radical (unpaired) electrons. The molecule has 5 heteroatoms. The van der Waals surface area contributed by atoms with Gasteiger partial charge in [-0.25, -0.2) is 9.79 Å². The average Bonchev–Trinajstić information content (AvgIpc) is 2.85. The number of hydrogen-bond donors (Lipinski definition) is 1. The van der Waals surface area contributed by atoms with Crippen molar-refractivity contribution in [3.05, 3.63) is 54.1 Å². The Bertz CT molecular complexity index is 911. The summed E-state index contributed by atoms with van der Waals surface area (Å²) in [5, 5.41) is 3.46. The highest BCUT2D eigenvalue weighted by atomic mass is 16.6. The molecule has 0 aromatic heterocycles. The summed E-state index contributed by atoms with van der Waals surface area (Å²) >= 11 is 0. The molecule has 2 fully saturated rings. The average molecular weight is 435 g/mol. The first-order valence-corrected chi connectivity index (χ1v) is 12.0. The molecule has 0 atom stereocenters. The highest BCUT2D eigenvalue weighted by molar-refractivity contribution is 5.98.